The third kappa shape index (κ3) is 2.50. The monoisotopic (exact) mass is 220 g/mol. The zero-order valence-electron chi connectivity index (χ0n) is 9.70. The molecule has 0 spiro atoms. The summed E-state index contributed by atoms with van der Waals surface area (Å²) in [5.41, 5.74) is 0.364. The molecule has 0 saturated heterocycles. The molecular formula is C13H20OSi. The summed E-state index contributed by atoms with van der Waals surface area (Å²) in [5, 5.41) is 1.45. The molecule has 0 heterocycles. The first-order valence-electron chi connectivity index (χ1n) is 5.82. The van der Waals surface area contributed by atoms with Crippen molar-refractivity contribution in [3.63, 3.8) is 0 Å². The highest BCUT2D eigenvalue weighted by Gasteiger charge is 2.35. The molecule has 2 rings (SSSR count). The molecule has 0 aromatic heterocycles. The Morgan fingerprint density at radius 2 is 2.27 bits per heavy atom. The van der Waals surface area contributed by atoms with E-state index in [4.69, 9.17) is 4.43 Å². The van der Waals surface area contributed by atoms with Crippen LogP contribution in [0.5, 0.6) is 0 Å². The molecule has 0 fully saturated rings. The Kier molecular flexibility index (Phi) is 3.27. The van der Waals surface area contributed by atoms with Crippen LogP contribution in [0.1, 0.15) is 26.7 Å². The SMILES string of the molecule is CC=C(C)[SiH2]OCCC12C=CC(C=C1)C2. The van der Waals surface area contributed by atoms with E-state index < -0.39 is 9.76 Å². The third-order valence-corrected chi connectivity index (χ3v) is 4.86. The fourth-order valence-corrected chi connectivity index (χ4v) is 3.09. The second-order valence-electron chi connectivity index (χ2n) is 4.76. The van der Waals surface area contributed by atoms with Crippen LogP contribution in [0.2, 0.25) is 0 Å². The summed E-state index contributed by atoms with van der Waals surface area (Å²) in [7, 11) is -0.409. The molecule has 0 aromatic rings. The van der Waals surface area contributed by atoms with Gasteiger partial charge in [0.15, 0.2) is 9.76 Å². The van der Waals surface area contributed by atoms with Crippen LogP contribution in [0, 0.1) is 11.3 Å². The molecule has 2 aliphatic carbocycles. The number of rotatable bonds is 5. The molecule has 0 radical (unpaired) electrons. The van der Waals surface area contributed by atoms with Crippen LogP contribution in [-0.4, -0.2) is 16.4 Å². The van der Waals surface area contributed by atoms with Gasteiger partial charge in [0.1, 0.15) is 0 Å². The van der Waals surface area contributed by atoms with Gasteiger partial charge in [-0.05, 0) is 32.6 Å². The lowest BCUT2D eigenvalue weighted by molar-refractivity contribution is 0.278. The summed E-state index contributed by atoms with van der Waals surface area (Å²) >= 11 is 0. The fraction of sp³-hybridized carbons (Fsp3) is 0.538. The van der Waals surface area contributed by atoms with Crippen LogP contribution in [0.15, 0.2) is 35.6 Å². The van der Waals surface area contributed by atoms with E-state index in [9.17, 15) is 0 Å². The van der Waals surface area contributed by atoms with Gasteiger partial charge in [0.25, 0.3) is 0 Å². The van der Waals surface area contributed by atoms with Gasteiger partial charge < -0.3 is 4.43 Å². The van der Waals surface area contributed by atoms with Gasteiger partial charge in [0, 0.05) is 12.0 Å². The molecule has 0 N–H and O–H groups in total. The highest BCUT2D eigenvalue weighted by molar-refractivity contribution is 6.37. The molecule has 0 aliphatic heterocycles. The number of hydrogen-bond donors (Lipinski definition) is 0. The maximum atomic E-state index is 5.80. The van der Waals surface area contributed by atoms with Gasteiger partial charge in [0.05, 0.1) is 0 Å². The van der Waals surface area contributed by atoms with Crippen LogP contribution in [0.3, 0.4) is 0 Å². The van der Waals surface area contributed by atoms with Gasteiger partial charge in [0.2, 0.25) is 0 Å². The van der Waals surface area contributed by atoms with Crippen LogP contribution in [0.4, 0.5) is 0 Å². The first-order valence-corrected chi connectivity index (χ1v) is 7.11. The molecule has 2 bridgehead atoms. The summed E-state index contributed by atoms with van der Waals surface area (Å²) in [5.74, 6) is 0.722. The summed E-state index contributed by atoms with van der Waals surface area (Å²) < 4.78 is 5.80. The molecule has 15 heavy (non-hydrogen) atoms. The fourth-order valence-electron chi connectivity index (χ4n) is 2.31. The molecule has 0 atom stereocenters. The normalized spacial score (nSPS) is 33.7. The average molecular weight is 220 g/mol. The molecule has 0 amide bonds. The topological polar surface area (TPSA) is 9.23 Å². The Balaban J connectivity index is 1.71. The van der Waals surface area contributed by atoms with Crippen molar-refractivity contribution in [3.8, 4) is 0 Å². The molecule has 1 nitrogen and oxygen atoms in total. The van der Waals surface area contributed by atoms with Gasteiger partial charge in [-0.3, -0.25) is 0 Å². The van der Waals surface area contributed by atoms with Crippen molar-refractivity contribution in [2.75, 3.05) is 6.61 Å². The lowest BCUT2D eigenvalue weighted by Gasteiger charge is -2.20. The Bertz CT molecular complexity index is 300. The predicted molar refractivity (Wildman–Crippen MR) is 67.4 cm³/mol. The Labute approximate surface area is 94.8 Å². The minimum Gasteiger partial charge on any atom is -0.419 e. The smallest absolute Gasteiger partial charge is 0.187 e. The van der Waals surface area contributed by atoms with Gasteiger partial charge in [-0.1, -0.05) is 35.6 Å². The van der Waals surface area contributed by atoms with Crippen molar-refractivity contribution in [3.05, 3.63) is 35.6 Å². The maximum absolute atomic E-state index is 5.80. The van der Waals surface area contributed by atoms with Crippen molar-refractivity contribution in [2.24, 2.45) is 11.3 Å². The predicted octanol–water partition coefficient (Wildman–Crippen LogP) is 2.53. The highest BCUT2D eigenvalue weighted by Crippen LogP contribution is 2.45. The summed E-state index contributed by atoms with van der Waals surface area (Å²) in [4.78, 5) is 0. The van der Waals surface area contributed by atoms with Crippen molar-refractivity contribution in [2.45, 2.75) is 26.7 Å². The van der Waals surface area contributed by atoms with E-state index in [0.717, 1.165) is 12.5 Å². The molecule has 2 heteroatoms. The molecule has 0 unspecified atom stereocenters. The first kappa shape index (κ1) is 10.9. The number of fused-ring (bicyclic) bond motifs is 2. The second kappa shape index (κ2) is 4.50. The molecule has 82 valence electrons. The standard InChI is InChI=1S/C13H20OSi/c1-3-11(2)15-14-9-8-13-6-4-12(10-13)5-7-13/h3-7,12H,8-10,15H2,1-2H3. The average Bonchev–Trinajstić information content (AvgIpc) is 2.84. The van der Waals surface area contributed by atoms with E-state index in [1.807, 2.05) is 0 Å². The lowest BCUT2D eigenvalue weighted by atomic mass is 9.87. The zero-order valence-corrected chi connectivity index (χ0v) is 11.1. The van der Waals surface area contributed by atoms with E-state index in [2.05, 4.69) is 44.2 Å². The van der Waals surface area contributed by atoms with Crippen LogP contribution >= 0.6 is 0 Å². The van der Waals surface area contributed by atoms with Crippen LogP contribution < -0.4 is 0 Å². The second-order valence-corrected chi connectivity index (χ2v) is 6.57. The minimum absolute atomic E-state index is 0.364. The summed E-state index contributed by atoms with van der Waals surface area (Å²) in [6, 6.07) is 0. The largest absolute Gasteiger partial charge is 0.419 e. The van der Waals surface area contributed by atoms with E-state index in [-0.39, 0.29) is 0 Å². The minimum atomic E-state index is -0.409. The van der Waals surface area contributed by atoms with Crippen molar-refractivity contribution < 1.29 is 4.43 Å². The molecule has 2 aliphatic rings. The molecule has 0 saturated carbocycles. The first-order chi connectivity index (χ1) is 7.24. The lowest BCUT2D eigenvalue weighted by Crippen LogP contribution is -2.14. The highest BCUT2D eigenvalue weighted by atomic mass is 28.2. The summed E-state index contributed by atoms with van der Waals surface area (Å²) in [6.07, 6.45) is 14.1. The summed E-state index contributed by atoms with van der Waals surface area (Å²) in [6.45, 7) is 5.19. The van der Waals surface area contributed by atoms with Gasteiger partial charge in [-0.2, -0.15) is 0 Å². The van der Waals surface area contributed by atoms with Gasteiger partial charge >= 0.3 is 0 Å². The maximum Gasteiger partial charge on any atom is 0.187 e. The Morgan fingerprint density at radius 1 is 1.53 bits per heavy atom. The van der Waals surface area contributed by atoms with Crippen molar-refractivity contribution >= 4 is 9.76 Å². The van der Waals surface area contributed by atoms with Crippen molar-refractivity contribution in [1.82, 2.24) is 0 Å². The van der Waals surface area contributed by atoms with E-state index in [0.29, 0.717) is 5.41 Å². The van der Waals surface area contributed by atoms with Gasteiger partial charge in [-0.15, -0.1) is 0 Å². The Morgan fingerprint density at radius 3 is 2.80 bits per heavy atom. The number of hydrogen-bond acceptors (Lipinski definition) is 1. The van der Waals surface area contributed by atoms with Crippen LogP contribution in [0.25, 0.3) is 0 Å². The molecule has 0 aromatic carbocycles. The van der Waals surface area contributed by atoms with Crippen LogP contribution in [-0.2, 0) is 4.43 Å². The zero-order chi connectivity index (χ0) is 10.7. The van der Waals surface area contributed by atoms with E-state index in [1.54, 1.807) is 0 Å². The van der Waals surface area contributed by atoms with Crippen molar-refractivity contribution in [1.29, 1.82) is 0 Å². The molecular weight excluding hydrogens is 200 g/mol. The van der Waals surface area contributed by atoms with Gasteiger partial charge in [-0.25, -0.2) is 0 Å². The van der Waals surface area contributed by atoms with E-state index >= 15 is 0 Å². The Hall–Kier alpha value is -0.603. The van der Waals surface area contributed by atoms with E-state index in [1.165, 1.54) is 18.0 Å². The third-order valence-electron chi connectivity index (χ3n) is 3.50. The number of allylic oxidation sites excluding steroid dienone is 6. The quantitative estimate of drug-likeness (QED) is 0.393.